The summed E-state index contributed by atoms with van der Waals surface area (Å²) in [5.74, 6) is -2.09. The number of carbonyl (C=O) groups excluding carboxylic acids is 3. The van der Waals surface area contributed by atoms with Crippen LogP contribution < -0.4 is 16.0 Å². The molecular weight excluding hydrogens is 352 g/mol. The van der Waals surface area contributed by atoms with E-state index in [2.05, 4.69) is 5.32 Å². The van der Waals surface area contributed by atoms with Crippen LogP contribution in [0, 0.1) is 0 Å². The SMILES string of the molecule is C[C@@H](N)C(=O)N(CC(=O)NC1CN(S(=O)(=O)O)C1=O)c1ccccc1. The fourth-order valence-electron chi connectivity index (χ4n) is 2.24. The van der Waals surface area contributed by atoms with Crippen LogP contribution in [0.25, 0.3) is 0 Å². The number of rotatable bonds is 6. The summed E-state index contributed by atoms with van der Waals surface area (Å²) in [5.41, 5.74) is 6.06. The molecular formula is C14H18N4O6S. The van der Waals surface area contributed by atoms with Crippen molar-refractivity contribution in [2.75, 3.05) is 18.0 Å². The summed E-state index contributed by atoms with van der Waals surface area (Å²) in [5, 5.41) is 2.32. The lowest BCUT2D eigenvalue weighted by Crippen LogP contribution is -2.66. The minimum Gasteiger partial charge on any atom is -0.341 e. The topological polar surface area (TPSA) is 150 Å². The molecule has 1 aliphatic rings. The Balaban J connectivity index is 2.04. The molecule has 136 valence electrons. The summed E-state index contributed by atoms with van der Waals surface area (Å²) in [4.78, 5) is 37.1. The second kappa shape index (κ2) is 7.17. The van der Waals surface area contributed by atoms with E-state index in [0.717, 1.165) is 0 Å². The maximum absolute atomic E-state index is 12.2. The van der Waals surface area contributed by atoms with Gasteiger partial charge in [0.1, 0.15) is 12.6 Å². The molecule has 0 aliphatic carbocycles. The average Bonchev–Trinajstić information content (AvgIpc) is 2.54. The third kappa shape index (κ3) is 4.32. The van der Waals surface area contributed by atoms with Crippen LogP contribution in [0.3, 0.4) is 0 Å². The van der Waals surface area contributed by atoms with Crippen LogP contribution in [0.1, 0.15) is 6.92 Å². The smallest absolute Gasteiger partial charge is 0.341 e. The summed E-state index contributed by atoms with van der Waals surface area (Å²) < 4.78 is 30.7. The maximum Gasteiger partial charge on any atom is 0.362 e. The highest BCUT2D eigenvalue weighted by atomic mass is 32.2. The number of para-hydroxylation sites is 1. The van der Waals surface area contributed by atoms with Crippen molar-refractivity contribution in [1.29, 1.82) is 0 Å². The van der Waals surface area contributed by atoms with E-state index in [1.165, 1.54) is 11.8 Å². The molecule has 3 amide bonds. The van der Waals surface area contributed by atoms with E-state index in [9.17, 15) is 22.8 Å². The number of nitrogens with one attached hydrogen (secondary N) is 1. The van der Waals surface area contributed by atoms with Gasteiger partial charge in [-0.3, -0.25) is 18.9 Å². The van der Waals surface area contributed by atoms with Gasteiger partial charge in [0.05, 0.1) is 12.6 Å². The molecule has 0 bridgehead atoms. The summed E-state index contributed by atoms with van der Waals surface area (Å²) in [6, 6.07) is 6.47. The number of benzene rings is 1. The Morgan fingerprint density at radius 2 is 2.00 bits per heavy atom. The van der Waals surface area contributed by atoms with E-state index in [4.69, 9.17) is 10.3 Å². The Morgan fingerprint density at radius 1 is 1.40 bits per heavy atom. The lowest BCUT2D eigenvalue weighted by Gasteiger charge is -2.35. The third-order valence-corrected chi connectivity index (χ3v) is 4.42. The van der Waals surface area contributed by atoms with Crippen LogP contribution in [0.5, 0.6) is 0 Å². The third-order valence-electron chi connectivity index (χ3n) is 3.53. The van der Waals surface area contributed by atoms with Crippen molar-refractivity contribution in [3.8, 4) is 0 Å². The molecule has 10 nitrogen and oxygen atoms in total. The Bertz CT molecular complexity index is 780. The first-order valence-electron chi connectivity index (χ1n) is 7.31. The predicted octanol–water partition coefficient (Wildman–Crippen LogP) is -1.50. The molecule has 1 saturated heterocycles. The van der Waals surface area contributed by atoms with E-state index in [0.29, 0.717) is 5.69 Å². The minimum absolute atomic E-state index is 0.236. The van der Waals surface area contributed by atoms with Crippen LogP contribution in [0.4, 0.5) is 5.69 Å². The zero-order valence-electron chi connectivity index (χ0n) is 13.3. The van der Waals surface area contributed by atoms with E-state index in [1.807, 2.05) is 0 Å². The second-order valence-corrected chi connectivity index (χ2v) is 6.85. The van der Waals surface area contributed by atoms with Gasteiger partial charge in [0.2, 0.25) is 11.8 Å². The molecule has 1 heterocycles. The lowest BCUT2D eigenvalue weighted by molar-refractivity contribution is -0.140. The van der Waals surface area contributed by atoms with Crippen LogP contribution in [0.2, 0.25) is 0 Å². The Hall–Kier alpha value is -2.50. The molecule has 0 radical (unpaired) electrons. The predicted molar refractivity (Wildman–Crippen MR) is 87.6 cm³/mol. The number of amides is 3. The number of β-lactam (4-membered cyclic amide) rings is 1. The highest BCUT2D eigenvalue weighted by Gasteiger charge is 2.44. The Labute approximate surface area is 144 Å². The van der Waals surface area contributed by atoms with Gasteiger partial charge >= 0.3 is 10.3 Å². The molecule has 25 heavy (non-hydrogen) atoms. The highest BCUT2D eigenvalue weighted by Crippen LogP contribution is 2.16. The van der Waals surface area contributed by atoms with Crippen LogP contribution >= 0.6 is 0 Å². The molecule has 0 saturated carbocycles. The first kappa shape index (κ1) is 18.8. The number of nitrogens with zero attached hydrogens (tertiary/aromatic N) is 2. The van der Waals surface area contributed by atoms with E-state index < -0.39 is 40.1 Å². The molecule has 0 aromatic heterocycles. The molecule has 11 heteroatoms. The number of nitrogens with two attached hydrogens (primary N) is 1. The van der Waals surface area contributed by atoms with Crippen molar-refractivity contribution in [2.45, 2.75) is 19.0 Å². The molecule has 1 aromatic rings. The highest BCUT2D eigenvalue weighted by molar-refractivity contribution is 7.84. The lowest BCUT2D eigenvalue weighted by atomic mass is 10.1. The summed E-state index contributed by atoms with van der Waals surface area (Å²) >= 11 is 0. The standard InChI is InChI=1S/C14H18N4O6S/c1-9(15)13(20)17(10-5-3-2-4-6-10)8-12(19)16-11-7-18(14(11)21)25(22,23)24/h2-6,9,11H,7-8,15H2,1H3,(H,16,19)(H,22,23,24)/t9-,11?/m1/s1. The number of anilines is 1. The van der Waals surface area contributed by atoms with Gasteiger partial charge in [-0.05, 0) is 19.1 Å². The van der Waals surface area contributed by atoms with Gasteiger partial charge in [-0.15, -0.1) is 0 Å². The van der Waals surface area contributed by atoms with Crippen LogP contribution in [-0.4, -0.2) is 60.2 Å². The molecule has 1 aromatic carbocycles. The van der Waals surface area contributed by atoms with Crippen LogP contribution in [-0.2, 0) is 24.7 Å². The van der Waals surface area contributed by atoms with Gasteiger partial charge in [0.15, 0.2) is 0 Å². The minimum atomic E-state index is -4.62. The van der Waals surface area contributed by atoms with Gasteiger partial charge in [0, 0.05) is 5.69 Å². The van der Waals surface area contributed by atoms with E-state index >= 15 is 0 Å². The van der Waals surface area contributed by atoms with Crippen molar-refractivity contribution >= 4 is 33.7 Å². The summed E-state index contributed by atoms with van der Waals surface area (Å²) in [6.45, 7) is 0.728. The zero-order valence-corrected chi connectivity index (χ0v) is 14.1. The van der Waals surface area contributed by atoms with Gasteiger partial charge in [0.25, 0.3) is 5.91 Å². The van der Waals surface area contributed by atoms with Crippen molar-refractivity contribution in [3.05, 3.63) is 30.3 Å². The first-order valence-corrected chi connectivity index (χ1v) is 8.71. The molecule has 1 aliphatic heterocycles. The Morgan fingerprint density at radius 3 is 2.48 bits per heavy atom. The normalized spacial score (nSPS) is 18.3. The quantitative estimate of drug-likeness (QED) is 0.407. The van der Waals surface area contributed by atoms with Gasteiger partial charge in [-0.2, -0.15) is 8.42 Å². The van der Waals surface area contributed by atoms with Crippen molar-refractivity contribution in [1.82, 2.24) is 9.62 Å². The van der Waals surface area contributed by atoms with Gasteiger partial charge in [-0.25, -0.2) is 4.31 Å². The average molecular weight is 370 g/mol. The Kier molecular flexibility index (Phi) is 5.40. The summed E-state index contributed by atoms with van der Waals surface area (Å²) in [7, 11) is -4.62. The molecule has 4 N–H and O–H groups in total. The zero-order chi connectivity index (χ0) is 18.8. The van der Waals surface area contributed by atoms with E-state index in [1.54, 1.807) is 30.3 Å². The number of hydrogen-bond acceptors (Lipinski definition) is 6. The fourth-order valence-corrected chi connectivity index (χ4v) is 2.94. The molecule has 2 atom stereocenters. The number of hydrogen-bond donors (Lipinski definition) is 3. The van der Waals surface area contributed by atoms with Crippen LogP contribution in [0.15, 0.2) is 30.3 Å². The number of carbonyl (C=O) groups is 3. The molecule has 0 spiro atoms. The largest absolute Gasteiger partial charge is 0.362 e. The van der Waals surface area contributed by atoms with Crippen molar-refractivity contribution in [2.24, 2.45) is 5.73 Å². The van der Waals surface area contributed by atoms with Gasteiger partial charge < -0.3 is 16.0 Å². The van der Waals surface area contributed by atoms with Gasteiger partial charge in [-0.1, -0.05) is 18.2 Å². The molecule has 1 fully saturated rings. The first-order chi connectivity index (χ1) is 11.6. The monoisotopic (exact) mass is 370 g/mol. The second-order valence-electron chi connectivity index (χ2n) is 5.52. The molecule has 1 unspecified atom stereocenters. The fraction of sp³-hybridized carbons (Fsp3) is 0.357. The maximum atomic E-state index is 12.2. The molecule has 2 rings (SSSR count). The van der Waals surface area contributed by atoms with E-state index in [-0.39, 0.29) is 17.4 Å². The van der Waals surface area contributed by atoms with Crippen molar-refractivity contribution < 1.29 is 27.4 Å². The van der Waals surface area contributed by atoms with Crippen molar-refractivity contribution in [3.63, 3.8) is 0 Å². The summed E-state index contributed by atoms with van der Waals surface area (Å²) in [6.07, 6.45) is 0.